The van der Waals surface area contributed by atoms with Crippen molar-refractivity contribution in [2.45, 2.75) is 52.9 Å². The first kappa shape index (κ1) is 12.6. The van der Waals surface area contributed by atoms with Crippen molar-refractivity contribution in [3.05, 3.63) is 0 Å². The maximum absolute atomic E-state index is 8.37. The first-order valence-corrected chi connectivity index (χ1v) is 4.52. The minimum absolute atomic E-state index is 0.365. The van der Waals surface area contributed by atoms with Crippen LogP contribution in [0.3, 0.4) is 0 Å². The van der Waals surface area contributed by atoms with Crippen molar-refractivity contribution < 1.29 is 5.11 Å². The maximum atomic E-state index is 8.37. The van der Waals surface area contributed by atoms with E-state index in [2.05, 4.69) is 6.92 Å². The van der Waals surface area contributed by atoms with E-state index in [-0.39, 0.29) is 0 Å². The highest BCUT2D eigenvalue weighted by atomic mass is 16.2. The van der Waals surface area contributed by atoms with Crippen LogP contribution in [0, 0.1) is 0 Å². The standard InChI is InChI=1S/C7H16O.C2H6/c1-2-3-4-5-6-7-8;1-2/h8H,2-7H2,1H3;1-2H3. The van der Waals surface area contributed by atoms with Crippen molar-refractivity contribution in [1.82, 2.24) is 0 Å². The number of hydrogen-bond donors (Lipinski definition) is 1. The Hall–Kier alpha value is -0.0400. The van der Waals surface area contributed by atoms with Crippen molar-refractivity contribution >= 4 is 0 Å². The summed E-state index contributed by atoms with van der Waals surface area (Å²) >= 11 is 0. The molecule has 0 radical (unpaired) electrons. The molecule has 0 aliphatic carbocycles. The summed E-state index contributed by atoms with van der Waals surface area (Å²) in [4.78, 5) is 0. The van der Waals surface area contributed by atoms with Crippen molar-refractivity contribution in [3.63, 3.8) is 0 Å². The van der Waals surface area contributed by atoms with Crippen molar-refractivity contribution in [1.29, 1.82) is 0 Å². The Labute approximate surface area is 65.5 Å². The summed E-state index contributed by atoms with van der Waals surface area (Å²) in [7, 11) is 0. The molecule has 0 aromatic carbocycles. The molecule has 10 heavy (non-hydrogen) atoms. The van der Waals surface area contributed by atoms with Gasteiger partial charge in [0.05, 0.1) is 0 Å². The molecule has 0 rings (SSSR count). The molecular formula is C9H22O. The zero-order valence-electron chi connectivity index (χ0n) is 7.69. The average Bonchev–Trinajstić information content (AvgIpc) is 2.02. The molecule has 0 unspecified atom stereocenters. The lowest BCUT2D eigenvalue weighted by molar-refractivity contribution is 0.282. The lowest BCUT2D eigenvalue weighted by Crippen LogP contribution is -1.81. The minimum atomic E-state index is 0.365. The highest BCUT2D eigenvalue weighted by molar-refractivity contribution is 4.39. The molecule has 0 saturated heterocycles. The van der Waals surface area contributed by atoms with Gasteiger partial charge in [0, 0.05) is 6.61 Å². The molecule has 0 bridgehead atoms. The average molecular weight is 146 g/mol. The van der Waals surface area contributed by atoms with Gasteiger partial charge in [-0.25, -0.2) is 0 Å². The van der Waals surface area contributed by atoms with Gasteiger partial charge in [-0.1, -0.05) is 46.5 Å². The van der Waals surface area contributed by atoms with Crippen LogP contribution in [-0.4, -0.2) is 11.7 Å². The Balaban J connectivity index is 0. The van der Waals surface area contributed by atoms with E-state index in [1.54, 1.807) is 0 Å². The van der Waals surface area contributed by atoms with E-state index in [1.165, 1.54) is 25.7 Å². The number of aliphatic hydroxyl groups is 1. The third-order valence-corrected chi connectivity index (χ3v) is 1.26. The first-order valence-electron chi connectivity index (χ1n) is 4.52. The third kappa shape index (κ3) is 15.7. The monoisotopic (exact) mass is 146 g/mol. The minimum Gasteiger partial charge on any atom is -0.396 e. The van der Waals surface area contributed by atoms with Crippen LogP contribution >= 0.6 is 0 Å². The van der Waals surface area contributed by atoms with Gasteiger partial charge < -0.3 is 5.11 Å². The van der Waals surface area contributed by atoms with Crippen molar-refractivity contribution in [2.75, 3.05) is 6.61 Å². The van der Waals surface area contributed by atoms with Gasteiger partial charge in [0.25, 0.3) is 0 Å². The summed E-state index contributed by atoms with van der Waals surface area (Å²) in [6.07, 6.45) is 6.08. The molecule has 1 heteroatoms. The van der Waals surface area contributed by atoms with Gasteiger partial charge in [-0.05, 0) is 6.42 Å². The molecular weight excluding hydrogens is 124 g/mol. The molecule has 0 aliphatic rings. The molecule has 0 aromatic rings. The Kier molecular flexibility index (Phi) is 20.2. The summed E-state index contributed by atoms with van der Waals surface area (Å²) in [5, 5.41) is 8.37. The molecule has 1 N–H and O–H groups in total. The summed E-state index contributed by atoms with van der Waals surface area (Å²) in [6, 6.07) is 0. The van der Waals surface area contributed by atoms with Gasteiger partial charge in [0.15, 0.2) is 0 Å². The fourth-order valence-electron chi connectivity index (χ4n) is 0.715. The number of hydrogen-bond acceptors (Lipinski definition) is 1. The predicted octanol–water partition coefficient (Wildman–Crippen LogP) is 2.98. The maximum Gasteiger partial charge on any atom is 0.0431 e. The van der Waals surface area contributed by atoms with Crippen LogP contribution in [0.5, 0.6) is 0 Å². The fraction of sp³-hybridized carbons (Fsp3) is 1.00. The van der Waals surface area contributed by atoms with E-state index in [9.17, 15) is 0 Å². The van der Waals surface area contributed by atoms with Gasteiger partial charge in [0.1, 0.15) is 0 Å². The Bertz CT molecular complexity index is 29.7. The summed E-state index contributed by atoms with van der Waals surface area (Å²) < 4.78 is 0. The van der Waals surface area contributed by atoms with Crippen LogP contribution in [0.25, 0.3) is 0 Å². The highest BCUT2D eigenvalue weighted by Crippen LogP contribution is 2.00. The van der Waals surface area contributed by atoms with Gasteiger partial charge in [-0.3, -0.25) is 0 Å². The lowest BCUT2D eigenvalue weighted by atomic mass is 10.2. The lowest BCUT2D eigenvalue weighted by Gasteiger charge is -1.93. The zero-order valence-corrected chi connectivity index (χ0v) is 7.69. The summed E-state index contributed by atoms with van der Waals surface area (Å²) in [5.74, 6) is 0. The van der Waals surface area contributed by atoms with Gasteiger partial charge in [0.2, 0.25) is 0 Å². The number of unbranched alkanes of at least 4 members (excludes halogenated alkanes) is 4. The van der Waals surface area contributed by atoms with Gasteiger partial charge >= 0.3 is 0 Å². The summed E-state index contributed by atoms with van der Waals surface area (Å²) in [5.41, 5.74) is 0. The second-order valence-electron chi connectivity index (χ2n) is 2.14. The van der Waals surface area contributed by atoms with Crippen LogP contribution < -0.4 is 0 Å². The number of rotatable bonds is 5. The van der Waals surface area contributed by atoms with E-state index >= 15 is 0 Å². The molecule has 0 spiro atoms. The van der Waals surface area contributed by atoms with Gasteiger partial charge in [-0.15, -0.1) is 0 Å². The second kappa shape index (κ2) is 16.0. The molecule has 0 aromatic heterocycles. The molecule has 0 fully saturated rings. The van der Waals surface area contributed by atoms with Crippen LogP contribution in [0.1, 0.15) is 52.9 Å². The molecule has 0 amide bonds. The third-order valence-electron chi connectivity index (χ3n) is 1.26. The van der Waals surface area contributed by atoms with Crippen molar-refractivity contribution in [3.8, 4) is 0 Å². The first-order chi connectivity index (χ1) is 4.91. The van der Waals surface area contributed by atoms with Crippen LogP contribution in [-0.2, 0) is 0 Å². The summed E-state index contributed by atoms with van der Waals surface area (Å²) in [6.45, 7) is 6.56. The molecule has 0 atom stereocenters. The Morgan fingerprint density at radius 1 is 0.900 bits per heavy atom. The van der Waals surface area contributed by atoms with Gasteiger partial charge in [-0.2, -0.15) is 0 Å². The van der Waals surface area contributed by atoms with E-state index in [1.807, 2.05) is 13.8 Å². The quantitative estimate of drug-likeness (QED) is 0.591. The van der Waals surface area contributed by atoms with Crippen molar-refractivity contribution in [2.24, 2.45) is 0 Å². The van der Waals surface area contributed by atoms with E-state index in [0.29, 0.717) is 6.61 Å². The topological polar surface area (TPSA) is 20.2 Å². The smallest absolute Gasteiger partial charge is 0.0431 e. The SMILES string of the molecule is CC.CCCCCCCO. The highest BCUT2D eigenvalue weighted by Gasteiger charge is 1.84. The van der Waals surface area contributed by atoms with E-state index in [4.69, 9.17) is 5.11 Å². The molecule has 64 valence electrons. The Morgan fingerprint density at radius 2 is 1.40 bits per heavy atom. The molecule has 0 saturated carbocycles. The zero-order chi connectivity index (χ0) is 8.24. The molecule has 0 aliphatic heterocycles. The van der Waals surface area contributed by atoms with Crippen LogP contribution in [0.15, 0.2) is 0 Å². The van der Waals surface area contributed by atoms with E-state index in [0.717, 1.165) is 6.42 Å². The molecule has 1 nitrogen and oxygen atoms in total. The fourth-order valence-corrected chi connectivity index (χ4v) is 0.715. The second-order valence-corrected chi connectivity index (χ2v) is 2.14. The predicted molar refractivity (Wildman–Crippen MR) is 47.2 cm³/mol. The van der Waals surface area contributed by atoms with Crippen LogP contribution in [0.2, 0.25) is 0 Å². The Morgan fingerprint density at radius 3 is 1.80 bits per heavy atom. The van der Waals surface area contributed by atoms with E-state index < -0.39 is 0 Å². The van der Waals surface area contributed by atoms with Crippen LogP contribution in [0.4, 0.5) is 0 Å². The number of aliphatic hydroxyl groups excluding tert-OH is 1. The molecule has 0 heterocycles. The normalized spacial score (nSPS) is 8.40. The largest absolute Gasteiger partial charge is 0.396 e.